The maximum absolute atomic E-state index is 5.80. The number of hydrogen-bond donors (Lipinski definition) is 0. The van der Waals surface area contributed by atoms with E-state index in [9.17, 15) is 0 Å². The molecule has 7 heteroatoms. The molecule has 0 bridgehead atoms. The van der Waals surface area contributed by atoms with Gasteiger partial charge in [0.15, 0.2) is 16.6 Å². The van der Waals surface area contributed by atoms with Gasteiger partial charge in [0, 0.05) is 11.6 Å². The van der Waals surface area contributed by atoms with Crippen LogP contribution in [0, 0.1) is 0 Å². The molecule has 2 aromatic heterocycles. The minimum atomic E-state index is 0.225. The zero-order valence-corrected chi connectivity index (χ0v) is 16.2. The van der Waals surface area contributed by atoms with Gasteiger partial charge in [-0.15, -0.1) is 10.2 Å². The number of hydrogen-bond acceptors (Lipinski definition) is 6. The number of oxazole rings is 1. The van der Waals surface area contributed by atoms with Gasteiger partial charge in [0.1, 0.15) is 11.3 Å². The summed E-state index contributed by atoms with van der Waals surface area (Å²) in [6, 6.07) is 15.9. The molecule has 4 rings (SSSR count). The van der Waals surface area contributed by atoms with Crippen molar-refractivity contribution in [1.29, 1.82) is 0 Å². The quantitative estimate of drug-likeness (QED) is 0.440. The van der Waals surface area contributed by atoms with Crippen LogP contribution in [0.1, 0.15) is 25.8 Å². The maximum atomic E-state index is 5.80. The van der Waals surface area contributed by atoms with Gasteiger partial charge in [-0.25, -0.2) is 4.98 Å². The highest BCUT2D eigenvalue weighted by atomic mass is 32.2. The van der Waals surface area contributed by atoms with Gasteiger partial charge in [0.25, 0.3) is 0 Å². The maximum Gasteiger partial charge on any atom is 0.205 e. The van der Waals surface area contributed by atoms with Crippen molar-refractivity contribution in [3.8, 4) is 17.1 Å². The Hall–Kier alpha value is -2.80. The molecule has 0 aliphatic rings. The zero-order valence-electron chi connectivity index (χ0n) is 15.4. The second-order valence-electron chi connectivity index (χ2n) is 6.36. The number of methoxy groups -OCH3 is 1. The largest absolute Gasteiger partial charge is 0.497 e. The van der Waals surface area contributed by atoms with Gasteiger partial charge in [-0.05, 0) is 50.2 Å². The van der Waals surface area contributed by atoms with Crippen molar-refractivity contribution in [2.24, 2.45) is 0 Å². The van der Waals surface area contributed by atoms with E-state index in [0.717, 1.165) is 33.4 Å². The number of nitrogens with zero attached hydrogens (tertiary/aromatic N) is 4. The second kappa shape index (κ2) is 7.44. The molecule has 0 aliphatic heterocycles. The van der Waals surface area contributed by atoms with Crippen molar-refractivity contribution < 1.29 is 9.15 Å². The Morgan fingerprint density at radius 1 is 1.07 bits per heavy atom. The molecule has 27 heavy (non-hydrogen) atoms. The molecule has 0 spiro atoms. The van der Waals surface area contributed by atoms with Crippen LogP contribution in [-0.2, 0) is 5.75 Å². The summed E-state index contributed by atoms with van der Waals surface area (Å²) in [6.45, 7) is 4.25. The van der Waals surface area contributed by atoms with Crippen LogP contribution in [0.3, 0.4) is 0 Å². The Labute approximate surface area is 161 Å². The van der Waals surface area contributed by atoms with Gasteiger partial charge in [-0.1, -0.05) is 23.9 Å². The summed E-state index contributed by atoms with van der Waals surface area (Å²) < 4.78 is 13.2. The van der Waals surface area contributed by atoms with E-state index < -0.39 is 0 Å². The first-order valence-electron chi connectivity index (χ1n) is 8.72. The van der Waals surface area contributed by atoms with Crippen molar-refractivity contribution >= 4 is 22.9 Å². The molecule has 0 saturated carbocycles. The van der Waals surface area contributed by atoms with Crippen LogP contribution in [0.25, 0.3) is 22.5 Å². The first kappa shape index (κ1) is 17.6. The minimum absolute atomic E-state index is 0.225. The molecular weight excluding hydrogens is 360 g/mol. The second-order valence-corrected chi connectivity index (χ2v) is 7.30. The fourth-order valence-corrected chi connectivity index (χ4v) is 3.80. The lowest BCUT2D eigenvalue weighted by Crippen LogP contribution is -2.05. The molecule has 0 unspecified atom stereocenters. The van der Waals surface area contributed by atoms with Crippen LogP contribution in [0.4, 0.5) is 0 Å². The molecule has 0 saturated heterocycles. The number of benzene rings is 2. The Morgan fingerprint density at radius 3 is 2.56 bits per heavy atom. The SMILES string of the molecule is COc1ccc(-c2nnc(SCc3nc4ccccc4o3)n2C(C)C)cc1. The van der Waals surface area contributed by atoms with Gasteiger partial charge in [0.05, 0.1) is 12.9 Å². The number of rotatable bonds is 6. The summed E-state index contributed by atoms with van der Waals surface area (Å²) in [4.78, 5) is 4.53. The summed E-state index contributed by atoms with van der Waals surface area (Å²) >= 11 is 1.58. The van der Waals surface area contributed by atoms with Crippen LogP contribution in [-0.4, -0.2) is 26.9 Å². The average Bonchev–Trinajstić information content (AvgIpc) is 3.30. The van der Waals surface area contributed by atoms with E-state index in [1.165, 1.54) is 0 Å². The normalized spacial score (nSPS) is 11.4. The standard InChI is InChI=1S/C20H20N4O2S/c1-13(2)24-19(14-8-10-15(25-3)11-9-14)22-23-20(24)27-12-18-21-16-6-4-5-7-17(16)26-18/h4-11,13H,12H2,1-3H3. The Balaban J connectivity index is 1.59. The number of thioether (sulfide) groups is 1. The predicted octanol–water partition coefficient (Wildman–Crippen LogP) is 4.97. The molecule has 0 N–H and O–H groups in total. The topological polar surface area (TPSA) is 66.0 Å². The number of aromatic nitrogens is 4. The van der Waals surface area contributed by atoms with E-state index in [1.54, 1.807) is 18.9 Å². The van der Waals surface area contributed by atoms with E-state index in [4.69, 9.17) is 9.15 Å². The Morgan fingerprint density at radius 2 is 1.85 bits per heavy atom. The van der Waals surface area contributed by atoms with Crippen LogP contribution < -0.4 is 4.74 Å². The highest BCUT2D eigenvalue weighted by Crippen LogP contribution is 2.30. The van der Waals surface area contributed by atoms with Gasteiger partial charge >= 0.3 is 0 Å². The molecule has 0 radical (unpaired) electrons. The molecule has 0 fully saturated rings. The molecule has 2 aromatic carbocycles. The lowest BCUT2D eigenvalue weighted by Gasteiger charge is -2.13. The molecule has 6 nitrogen and oxygen atoms in total. The lowest BCUT2D eigenvalue weighted by atomic mass is 10.2. The zero-order chi connectivity index (χ0) is 18.8. The number of ether oxygens (including phenoxy) is 1. The van der Waals surface area contributed by atoms with E-state index >= 15 is 0 Å². The van der Waals surface area contributed by atoms with Crippen LogP contribution in [0.15, 0.2) is 58.1 Å². The fourth-order valence-electron chi connectivity index (χ4n) is 2.89. The van der Waals surface area contributed by atoms with Crippen LogP contribution in [0.2, 0.25) is 0 Å². The van der Waals surface area contributed by atoms with Gasteiger partial charge in [0.2, 0.25) is 5.89 Å². The molecule has 2 heterocycles. The van der Waals surface area contributed by atoms with E-state index in [1.807, 2.05) is 48.5 Å². The predicted molar refractivity (Wildman–Crippen MR) is 106 cm³/mol. The van der Waals surface area contributed by atoms with Gasteiger partial charge in [-0.3, -0.25) is 4.57 Å². The van der Waals surface area contributed by atoms with Crippen molar-refractivity contribution in [3.63, 3.8) is 0 Å². The highest BCUT2D eigenvalue weighted by Gasteiger charge is 2.18. The highest BCUT2D eigenvalue weighted by molar-refractivity contribution is 7.98. The first-order valence-corrected chi connectivity index (χ1v) is 9.71. The van der Waals surface area contributed by atoms with Crippen LogP contribution in [0.5, 0.6) is 5.75 Å². The Bertz CT molecular complexity index is 1020. The molecule has 0 amide bonds. The third kappa shape index (κ3) is 3.55. The average molecular weight is 380 g/mol. The molecule has 4 aromatic rings. The van der Waals surface area contributed by atoms with E-state index in [2.05, 4.69) is 33.6 Å². The monoisotopic (exact) mass is 380 g/mol. The van der Waals surface area contributed by atoms with E-state index in [0.29, 0.717) is 11.6 Å². The third-order valence-corrected chi connectivity index (χ3v) is 5.12. The van der Waals surface area contributed by atoms with Crippen molar-refractivity contribution in [2.75, 3.05) is 7.11 Å². The van der Waals surface area contributed by atoms with Crippen molar-refractivity contribution in [3.05, 3.63) is 54.4 Å². The smallest absolute Gasteiger partial charge is 0.205 e. The number of para-hydroxylation sites is 2. The molecule has 138 valence electrons. The Kier molecular flexibility index (Phi) is 4.85. The number of fused-ring (bicyclic) bond motifs is 1. The van der Waals surface area contributed by atoms with Crippen molar-refractivity contribution in [2.45, 2.75) is 30.8 Å². The molecule has 0 aliphatic carbocycles. The minimum Gasteiger partial charge on any atom is -0.497 e. The summed E-state index contributed by atoms with van der Waals surface area (Å²) in [6.07, 6.45) is 0. The molecule has 0 atom stereocenters. The summed E-state index contributed by atoms with van der Waals surface area (Å²) in [5, 5.41) is 9.66. The van der Waals surface area contributed by atoms with Crippen LogP contribution >= 0.6 is 11.8 Å². The first-order chi connectivity index (χ1) is 13.2. The van der Waals surface area contributed by atoms with E-state index in [-0.39, 0.29) is 6.04 Å². The molecular formula is C20H20N4O2S. The van der Waals surface area contributed by atoms with Gasteiger partial charge < -0.3 is 9.15 Å². The summed E-state index contributed by atoms with van der Waals surface area (Å²) in [7, 11) is 1.66. The lowest BCUT2D eigenvalue weighted by molar-refractivity contribution is 0.415. The third-order valence-electron chi connectivity index (χ3n) is 4.19. The van der Waals surface area contributed by atoms with Crippen molar-refractivity contribution in [1.82, 2.24) is 19.7 Å². The fraction of sp³-hybridized carbons (Fsp3) is 0.250. The summed E-state index contributed by atoms with van der Waals surface area (Å²) in [5.74, 6) is 2.94. The summed E-state index contributed by atoms with van der Waals surface area (Å²) in [5.41, 5.74) is 2.68. The van der Waals surface area contributed by atoms with Gasteiger partial charge in [-0.2, -0.15) is 0 Å².